The van der Waals surface area contributed by atoms with Crippen LogP contribution < -0.4 is 21.7 Å². The molecule has 0 aliphatic carbocycles. The summed E-state index contributed by atoms with van der Waals surface area (Å²) in [5, 5.41) is 36.5. The Balaban J connectivity index is 3.00. The van der Waals surface area contributed by atoms with Crippen LogP contribution in [0.15, 0.2) is 0 Å². The minimum atomic E-state index is -1.56. The Kier molecular flexibility index (Phi) is 10.6. The number of hydrogen-bond donors (Lipinski definition) is 7. The van der Waals surface area contributed by atoms with Gasteiger partial charge in [-0.15, -0.1) is 0 Å². The first-order valence-electron chi connectivity index (χ1n) is 11.0. The van der Waals surface area contributed by atoms with Crippen molar-refractivity contribution in [2.75, 3.05) is 13.2 Å². The van der Waals surface area contributed by atoms with Gasteiger partial charge in [0.1, 0.15) is 18.0 Å². The van der Waals surface area contributed by atoms with Crippen LogP contribution in [-0.4, -0.2) is 93.9 Å². The van der Waals surface area contributed by atoms with E-state index < -0.39 is 77.9 Å². The van der Waals surface area contributed by atoms with Gasteiger partial charge >= 0.3 is 0 Å². The van der Waals surface area contributed by atoms with E-state index in [0.717, 1.165) is 0 Å². The van der Waals surface area contributed by atoms with Gasteiger partial charge in [-0.2, -0.15) is 0 Å². The standard InChI is InChI=1S/C21H36N4O9/c1-9(2)6-13(16(29)21(7-26)8-34-21)23-19(32)14(11(4)27)25-20(33)15(12(5)28)24-18(31)10(3)17(22)30/h9-15,26-28H,6-8H2,1-5H3,(H2,22,30)(H,23,32)(H,24,31)(H,25,33)/t10-,11+,12-,13+,14-,15-,21+/m0/s1. The number of ketones is 1. The van der Waals surface area contributed by atoms with Crippen molar-refractivity contribution in [1.82, 2.24) is 16.0 Å². The molecule has 8 N–H and O–H groups in total. The maximum atomic E-state index is 12.9. The molecular formula is C21H36N4O9. The van der Waals surface area contributed by atoms with Gasteiger partial charge < -0.3 is 41.7 Å². The number of aliphatic hydroxyl groups excluding tert-OH is 3. The number of amides is 4. The maximum Gasteiger partial charge on any atom is 0.245 e. The smallest absolute Gasteiger partial charge is 0.245 e. The molecule has 13 heteroatoms. The minimum Gasteiger partial charge on any atom is -0.393 e. The lowest BCUT2D eigenvalue weighted by Crippen LogP contribution is -2.62. The SMILES string of the molecule is CC(C)C[C@@H](NC(=O)[C@@H](NC(=O)[C@@H](NC(=O)[C@@H](C)C(N)=O)[C@H](C)O)[C@@H](C)O)C(=O)[C@@]1(CO)CO1. The topological polar surface area (TPSA) is 221 Å². The quantitative estimate of drug-likeness (QED) is 0.0959. The van der Waals surface area contributed by atoms with Crippen LogP contribution in [0.25, 0.3) is 0 Å². The third kappa shape index (κ3) is 7.72. The van der Waals surface area contributed by atoms with Gasteiger partial charge in [-0.3, -0.25) is 24.0 Å². The lowest BCUT2D eigenvalue weighted by molar-refractivity contribution is -0.139. The largest absolute Gasteiger partial charge is 0.393 e. The molecule has 1 aliphatic rings. The Morgan fingerprint density at radius 3 is 1.68 bits per heavy atom. The molecule has 1 heterocycles. The molecule has 0 saturated carbocycles. The average molecular weight is 489 g/mol. The number of hydrogen-bond acceptors (Lipinski definition) is 9. The van der Waals surface area contributed by atoms with Crippen molar-refractivity contribution in [3.8, 4) is 0 Å². The molecule has 1 fully saturated rings. The zero-order valence-electron chi connectivity index (χ0n) is 20.0. The number of carbonyl (C=O) groups is 5. The number of rotatable bonds is 14. The fourth-order valence-electron chi connectivity index (χ4n) is 3.14. The molecule has 4 amide bonds. The van der Waals surface area contributed by atoms with Gasteiger partial charge in [0.05, 0.1) is 31.5 Å². The summed E-state index contributed by atoms with van der Waals surface area (Å²) in [6.07, 6.45) is -2.63. The van der Waals surface area contributed by atoms with E-state index in [9.17, 15) is 39.3 Å². The molecule has 194 valence electrons. The molecule has 13 nitrogen and oxygen atoms in total. The molecule has 0 radical (unpaired) electrons. The zero-order chi connectivity index (χ0) is 26.4. The van der Waals surface area contributed by atoms with Crippen molar-refractivity contribution in [3.05, 3.63) is 0 Å². The summed E-state index contributed by atoms with van der Waals surface area (Å²) in [6, 6.07) is -4.16. The van der Waals surface area contributed by atoms with Gasteiger partial charge in [0.15, 0.2) is 11.4 Å². The van der Waals surface area contributed by atoms with Crippen molar-refractivity contribution in [3.63, 3.8) is 0 Å². The van der Waals surface area contributed by atoms with Gasteiger partial charge in [0.2, 0.25) is 23.6 Å². The molecule has 0 aromatic heterocycles. The highest BCUT2D eigenvalue weighted by Gasteiger charge is 2.54. The molecule has 0 bridgehead atoms. The normalized spacial score (nSPS) is 22.5. The van der Waals surface area contributed by atoms with E-state index in [1.807, 2.05) is 13.8 Å². The number of aliphatic hydroxyl groups is 3. The van der Waals surface area contributed by atoms with Crippen molar-refractivity contribution < 1.29 is 44.0 Å². The van der Waals surface area contributed by atoms with Crippen LogP contribution in [-0.2, 0) is 28.7 Å². The molecule has 7 atom stereocenters. The Morgan fingerprint density at radius 2 is 1.32 bits per heavy atom. The molecule has 0 unspecified atom stereocenters. The molecule has 34 heavy (non-hydrogen) atoms. The van der Waals surface area contributed by atoms with Gasteiger partial charge in [0, 0.05) is 0 Å². The van der Waals surface area contributed by atoms with Crippen molar-refractivity contribution in [1.29, 1.82) is 0 Å². The molecule has 1 rings (SSSR count). The lowest BCUT2D eigenvalue weighted by atomic mass is 9.92. The number of Topliss-reactive ketones (excluding diaryl/α,β-unsaturated/α-hetero) is 1. The molecule has 1 saturated heterocycles. The fourth-order valence-corrected chi connectivity index (χ4v) is 3.14. The van der Waals surface area contributed by atoms with Crippen molar-refractivity contribution in [2.24, 2.45) is 17.6 Å². The van der Waals surface area contributed by atoms with E-state index in [-0.39, 0.29) is 18.9 Å². The predicted octanol–water partition coefficient (Wildman–Crippen LogP) is -3.30. The van der Waals surface area contributed by atoms with Crippen LogP contribution in [0.4, 0.5) is 0 Å². The molecular weight excluding hydrogens is 452 g/mol. The Hall–Kier alpha value is -2.61. The second-order valence-corrected chi connectivity index (χ2v) is 9.07. The van der Waals surface area contributed by atoms with Gasteiger partial charge in [-0.1, -0.05) is 13.8 Å². The maximum absolute atomic E-state index is 12.9. The molecule has 0 aromatic carbocycles. The molecule has 0 aromatic rings. The van der Waals surface area contributed by atoms with Crippen LogP contribution in [0.2, 0.25) is 0 Å². The predicted molar refractivity (Wildman–Crippen MR) is 118 cm³/mol. The van der Waals surface area contributed by atoms with Crippen molar-refractivity contribution in [2.45, 2.75) is 77.0 Å². The zero-order valence-corrected chi connectivity index (χ0v) is 20.0. The Morgan fingerprint density at radius 1 is 0.882 bits per heavy atom. The Labute approximate surface area is 197 Å². The summed E-state index contributed by atoms with van der Waals surface area (Å²) in [6.45, 7) is 6.77. The number of primary amides is 1. The van der Waals surface area contributed by atoms with Gasteiger partial charge in [-0.05, 0) is 33.1 Å². The monoisotopic (exact) mass is 488 g/mol. The van der Waals surface area contributed by atoms with E-state index in [0.29, 0.717) is 0 Å². The minimum absolute atomic E-state index is 0.0167. The van der Waals surface area contributed by atoms with Crippen molar-refractivity contribution >= 4 is 29.4 Å². The Bertz CT molecular complexity index is 780. The third-order valence-corrected chi connectivity index (χ3v) is 5.48. The highest BCUT2D eigenvalue weighted by molar-refractivity contribution is 6.02. The number of nitrogens with two attached hydrogens (primary N) is 1. The third-order valence-electron chi connectivity index (χ3n) is 5.48. The summed E-state index contributed by atoms with van der Waals surface area (Å²) in [5.41, 5.74) is 3.69. The first-order valence-corrected chi connectivity index (χ1v) is 11.0. The van der Waals surface area contributed by atoms with Gasteiger partial charge in [0.25, 0.3) is 0 Å². The summed E-state index contributed by atoms with van der Waals surface area (Å²) >= 11 is 0. The van der Waals surface area contributed by atoms with E-state index >= 15 is 0 Å². The first-order chi connectivity index (χ1) is 15.7. The second-order valence-electron chi connectivity index (χ2n) is 9.07. The van der Waals surface area contributed by atoms with Crippen LogP contribution >= 0.6 is 0 Å². The van der Waals surface area contributed by atoms with Gasteiger partial charge in [-0.25, -0.2) is 0 Å². The summed E-state index contributed by atoms with van der Waals surface area (Å²) in [4.78, 5) is 61.8. The lowest BCUT2D eigenvalue weighted by Gasteiger charge is -2.28. The van der Waals surface area contributed by atoms with E-state index in [2.05, 4.69) is 16.0 Å². The first kappa shape index (κ1) is 29.4. The van der Waals surface area contributed by atoms with E-state index in [1.54, 1.807) is 0 Å². The highest BCUT2D eigenvalue weighted by Crippen LogP contribution is 2.30. The summed E-state index contributed by atoms with van der Waals surface area (Å²) < 4.78 is 5.08. The highest BCUT2D eigenvalue weighted by atomic mass is 16.6. The van der Waals surface area contributed by atoms with Crippen LogP contribution in [0.3, 0.4) is 0 Å². The van der Waals surface area contributed by atoms with Crippen LogP contribution in [0, 0.1) is 11.8 Å². The summed E-state index contributed by atoms with van der Waals surface area (Å²) in [7, 11) is 0. The van der Waals surface area contributed by atoms with Crippen LogP contribution in [0.1, 0.15) is 41.0 Å². The number of ether oxygens (including phenoxy) is 1. The number of nitrogens with one attached hydrogen (secondary N) is 3. The summed E-state index contributed by atoms with van der Waals surface area (Å²) in [5.74, 6) is -5.58. The average Bonchev–Trinajstić information content (AvgIpc) is 3.54. The second kappa shape index (κ2) is 12.2. The fraction of sp³-hybridized carbons (Fsp3) is 0.762. The van der Waals surface area contributed by atoms with E-state index in [1.165, 1.54) is 20.8 Å². The number of carbonyl (C=O) groups excluding carboxylic acids is 5. The number of epoxide rings is 1. The van der Waals surface area contributed by atoms with Crippen LogP contribution in [0.5, 0.6) is 0 Å². The molecule has 1 aliphatic heterocycles. The molecule has 0 spiro atoms. The van der Waals surface area contributed by atoms with E-state index in [4.69, 9.17) is 10.5 Å².